The van der Waals surface area contributed by atoms with Crippen molar-refractivity contribution in [3.63, 3.8) is 0 Å². The summed E-state index contributed by atoms with van der Waals surface area (Å²) in [5.74, 6) is 0. The predicted octanol–water partition coefficient (Wildman–Crippen LogP) is 1.08. The fourth-order valence-corrected chi connectivity index (χ4v) is 2.48. The molecule has 0 amide bonds. The highest BCUT2D eigenvalue weighted by Crippen LogP contribution is 2.25. The number of nitriles is 1. The van der Waals surface area contributed by atoms with Gasteiger partial charge in [0.1, 0.15) is 6.04 Å². The van der Waals surface area contributed by atoms with E-state index in [9.17, 15) is 4.79 Å². The average molecular weight is 225 g/mol. The normalized spacial score (nSPS) is 14.8. The summed E-state index contributed by atoms with van der Waals surface area (Å²) < 4.78 is 1.73. The van der Waals surface area contributed by atoms with Gasteiger partial charge in [0.2, 0.25) is 0 Å². The molecule has 4 heteroatoms. The zero-order valence-corrected chi connectivity index (χ0v) is 9.18. The molecule has 0 radical (unpaired) electrons. The maximum atomic E-state index is 12.2. The first-order chi connectivity index (χ1) is 8.22. The lowest BCUT2D eigenvalue weighted by molar-refractivity contribution is 0.724. The molecule has 4 nitrogen and oxygen atoms in total. The van der Waals surface area contributed by atoms with Crippen molar-refractivity contribution in [3.05, 3.63) is 45.7 Å². The van der Waals surface area contributed by atoms with E-state index in [0.29, 0.717) is 12.1 Å². The third-order valence-corrected chi connectivity index (χ3v) is 3.30. The molecule has 0 aliphatic carbocycles. The molecule has 1 aliphatic heterocycles. The second-order valence-electron chi connectivity index (χ2n) is 4.27. The van der Waals surface area contributed by atoms with Crippen LogP contribution in [-0.4, -0.2) is 4.57 Å². The summed E-state index contributed by atoms with van der Waals surface area (Å²) in [6.07, 6.45) is 0.873. The lowest BCUT2D eigenvalue weighted by atomic mass is 10.1. The molecular weight excluding hydrogens is 214 g/mol. The van der Waals surface area contributed by atoms with Crippen LogP contribution in [0.4, 0.5) is 0 Å². The van der Waals surface area contributed by atoms with Crippen molar-refractivity contribution in [2.45, 2.75) is 19.0 Å². The number of rotatable bonds is 1. The molecule has 1 aromatic carbocycles. The van der Waals surface area contributed by atoms with Gasteiger partial charge >= 0.3 is 0 Å². The Kier molecular flexibility index (Phi) is 2.03. The minimum atomic E-state index is -0.847. The first-order valence-corrected chi connectivity index (χ1v) is 5.53. The van der Waals surface area contributed by atoms with Crippen LogP contribution in [0.25, 0.3) is 10.9 Å². The maximum absolute atomic E-state index is 12.2. The van der Waals surface area contributed by atoms with Crippen molar-refractivity contribution in [1.82, 2.24) is 4.57 Å². The number of benzene rings is 1. The summed E-state index contributed by atoms with van der Waals surface area (Å²) in [5.41, 5.74) is 8.10. The smallest absolute Gasteiger partial charge is 0.256 e. The topological polar surface area (TPSA) is 71.8 Å². The van der Waals surface area contributed by atoms with Crippen LogP contribution >= 0.6 is 0 Å². The van der Waals surface area contributed by atoms with Gasteiger partial charge < -0.3 is 10.3 Å². The second-order valence-corrected chi connectivity index (χ2v) is 4.27. The van der Waals surface area contributed by atoms with Crippen molar-refractivity contribution < 1.29 is 0 Å². The van der Waals surface area contributed by atoms with E-state index in [-0.39, 0.29) is 5.56 Å². The molecular formula is C13H11N3O. The van der Waals surface area contributed by atoms with E-state index in [1.807, 2.05) is 24.3 Å². The Morgan fingerprint density at radius 2 is 2.29 bits per heavy atom. The van der Waals surface area contributed by atoms with Crippen molar-refractivity contribution >= 4 is 10.9 Å². The number of nitrogens with two attached hydrogens (primary N) is 1. The van der Waals surface area contributed by atoms with Gasteiger partial charge in [-0.25, -0.2) is 0 Å². The number of pyridine rings is 1. The van der Waals surface area contributed by atoms with E-state index in [1.165, 1.54) is 5.56 Å². The molecule has 2 aromatic rings. The number of hydrogen-bond acceptors (Lipinski definition) is 3. The molecule has 1 atom stereocenters. The minimum absolute atomic E-state index is 0.128. The van der Waals surface area contributed by atoms with E-state index in [4.69, 9.17) is 11.0 Å². The number of aromatic nitrogens is 1. The van der Waals surface area contributed by atoms with E-state index in [2.05, 4.69) is 0 Å². The van der Waals surface area contributed by atoms with Gasteiger partial charge in [-0.3, -0.25) is 4.79 Å². The molecule has 0 fully saturated rings. The van der Waals surface area contributed by atoms with Crippen LogP contribution in [0.2, 0.25) is 0 Å². The summed E-state index contributed by atoms with van der Waals surface area (Å²) in [4.78, 5) is 12.2. The third kappa shape index (κ3) is 1.30. The summed E-state index contributed by atoms with van der Waals surface area (Å²) >= 11 is 0. The van der Waals surface area contributed by atoms with Gasteiger partial charge in [-0.15, -0.1) is 0 Å². The van der Waals surface area contributed by atoms with Crippen LogP contribution in [-0.2, 0) is 13.0 Å². The Morgan fingerprint density at radius 1 is 1.47 bits per heavy atom. The lowest BCUT2D eigenvalue weighted by Crippen LogP contribution is -2.26. The second kappa shape index (κ2) is 3.44. The highest BCUT2D eigenvalue weighted by Gasteiger charge is 2.19. The van der Waals surface area contributed by atoms with Crippen molar-refractivity contribution in [2.24, 2.45) is 5.73 Å². The lowest BCUT2D eigenvalue weighted by Gasteiger charge is -2.09. The highest BCUT2D eigenvalue weighted by molar-refractivity contribution is 5.84. The highest BCUT2D eigenvalue weighted by atomic mass is 16.1. The molecule has 1 aliphatic rings. The molecule has 2 N–H and O–H groups in total. The molecule has 17 heavy (non-hydrogen) atoms. The van der Waals surface area contributed by atoms with Gasteiger partial charge in [0.05, 0.1) is 11.6 Å². The Labute approximate surface area is 97.9 Å². The van der Waals surface area contributed by atoms with E-state index in [0.717, 1.165) is 17.3 Å². The molecule has 0 bridgehead atoms. The quantitative estimate of drug-likeness (QED) is 0.789. The van der Waals surface area contributed by atoms with Gasteiger partial charge in [-0.2, -0.15) is 5.26 Å². The van der Waals surface area contributed by atoms with Crippen LogP contribution in [0.3, 0.4) is 0 Å². The number of para-hydroxylation sites is 1. The molecule has 0 unspecified atom stereocenters. The summed E-state index contributed by atoms with van der Waals surface area (Å²) in [6, 6.07) is 8.78. The van der Waals surface area contributed by atoms with E-state index < -0.39 is 6.04 Å². The Hall–Kier alpha value is -2.12. The van der Waals surface area contributed by atoms with Crippen molar-refractivity contribution in [2.75, 3.05) is 0 Å². The van der Waals surface area contributed by atoms with Gasteiger partial charge in [0.15, 0.2) is 0 Å². The largest absolute Gasteiger partial charge is 0.312 e. The molecule has 0 saturated heterocycles. The van der Waals surface area contributed by atoms with E-state index >= 15 is 0 Å². The number of hydrogen-bond donors (Lipinski definition) is 1. The van der Waals surface area contributed by atoms with E-state index in [1.54, 1.807) is 10.6 Å². The van der Waals surface area contributed by atoms with Gasteiger partial charge in [-0.1, -0.05) is 18.2 Å². The minimum Gasteiger partial charge on any atom is -0.312 e. The SMILES string of the molecule is N#C[C@@H](N)c1cc2cccc3c2n(c1=O)CC3. The third-order valence-electron chi connectivity index (χ3n) is 3.30. The van der Waals surface area contributed by atoms with Crippen LogP contribution in [0, 0.1) is 11.3 Å². The predicted molar refractivity (Wildman–Crippen MR) is 64.5 cm³/mol. The van der Waals surface area contributed by atoms with Crippen LogP contribution in [0.1, 0.15) is 17.2 Å². The average Bonchev–Trinajstić information content (AvgIpc) is 2.78. The number of nitrogens with zero attached hydrogens (tertiary/aromatic N) is 2. The first-order valence-electron chi connectivity index (χ1n) is 5.53. The Morgan fingerprint density at radius 3 is 3.06 bits per heavy atom. The molecule has 2 heterocycles. The molecule has 0 saturated carbocycles. The number of aryl methyl sites for hydroxylation is 2. The zero-order chi connectivity index (χ0) is 12.0. The fourth-order valence-electron chi connectivity index (χ4n) is 2.48. The van der Waals surface area contributed by atoms with Crippen molar-refractivity contribution in [1.29, 1.82) is 5.26 Å². The van der Waals surface area contributed by atoms with Crippen molar-refractivity contribution in [3.8, 4) is 6.07 Å². The van der Waals surface area contributed by atoms with Gasteiger partial charge in [-0.05, 0) is 23.4 Å². The molecule has 1 aromatic heterocycles. The van der Waals surface area contributed by atoms with Crippen LogP contribution < -0.4 is 11.3 Å². The maximum Gasteiger partial charge on any atom is 0.256 e. The van der Waals surface area contributed by atoms with Gasteiger partial charge in [0.25, 0.3) is 5.56 Å². The Balaban J connectivity index is 2.43. The fraction of sp³-hybridized carbons (Fsp3) is 0.231. The Bertz CT molecular complexity index is 709. The van der Waals surface area contributed by atoms with Crippen LogP contribution in [0.15, 0.2) is 29.1 Å². The molecule has 84 valence electrons. The standard InChI is InChI=1S/C13H11N3O/c14-7-11(15)10-6-9-3-1-2-8-4-5-16(12(8)9)13(10)17/h1-3,6,11H,4-5,15H2/t11-/m1/s1. The molecule has 3 rings (SSSR count). The first kappa shape index (κ1) is 10.1. The van der Waals surface area contributed by atoms with Crippen LogP contribution in [0.5, 0.6) is 0 Å². The van der Waals surface area contributed by atoms with Gasteiger partial charge in [0, 0.05) is 12.1 Å². The summed E-state index contributed by atoms with van der Waals surface area (Å²) in [6.45, 7) is 0.681. The monoisotopic (exact) mass is 225 g/mol. The summed E-state index contributed by atoms with van der Waals surface area (Å²) in [5, 5.41) is 9.82. The zero-order valence-electron chi connectivity index (χ0n) is 9.18. The summed E-state index contributed by atoms with van der Waals surface area (Å²) in [7, 11) is 0. The molecule has 0 spiro atoms.